The number of methoxy groups -OCH3 is 1. The van der Waals surface area contributed by atoms with Gasteiger partial charge in [-0.2, -0.15) is 0 Å². The minimum atomic E-state index is -0.916. The number of esters is 3. The highest BCUT2D eigenvalue weighted by molar-refractivity contribution is 6.04. The Bertz CT molecular complexity index is 1740. The van der Waals surface area contributed by atoms with Crippen LogP contribution in [0.1, 0.15) is 67.8 Å². The zero-order chi connectivity index (χ0) is 49.3. The van der Waals surface area contributed by atoms with Crippen molar-refractivity contribution in [1.82, 2.24) is 51.5 Å². The number of amides is 6. The molecular formula is C43H70N10O13. The van der Waals surface area contributed by atoms with E-state index in [-0.39, 0.29) is 122 Å². The number of nitrogens with one attached hydrogen (secondary N) is 6. The maximum Gasteiger partial charge on any atom is 0.328 e. The van der Waals surface area contributed by atoms with Gasteiger partial charge in [0.1, 0.15) is 23.9 Å². The van der Waals surface area contributed by atoms with Crippen molar-refractivity contribution < 1.29 is 62.1 Å². The van der Waals surface area contributed by atoms with E-state index in [1.54, 1.807) is 20.8 Å². The molecule has 3 unspecified atom stereocenters. The van der Waals surface area contributed by atoms with E-state index in [4.69, 9.17) is 18.9 Å². The first kappa shape index (κ1) is 56.2. The Morgan fingerprint density at radius 1 is 0.515 bits per heavy atom. The summed E-state index contributed by atoms with van der Waals surface area (Å²) in [6, 6.07) is 0.298. The Kier molecular flexibility index (Phi) is 25.2. The lowest BCUT2D eigenvalue weighted by Crippen LogP contribution is -2.53. The fraction of sp³-hybridized carbons (Fsp3) is 0.651. The van der Waals surface area contributed by atoms with Crippen molar-refractivity contribution in [2.24, 2.45) is 0 Å². The van der Waals surface area contributed by atoms with Crippen LogP contribution in [0.5, 0.6) is 5.75 Å². The normalized spacial score (nSPS) is 15.8. The summed E-state index contributed by atoms with van der Waals surface area (Å²) in [5.41, 5.74) is 0.646. The topological polar surface area (TPSA) is 276 Å². The van der Waals surface area contributed by atoms with Crippen LogP contribution in [0, 0.1) is 0 Å². The van der Waals surface area contributed by atoms with E-state index in [1.807, 2.05) is 19.6 Å². The average Bonchev–Trinajstić information content (AvgIpc) is 3.28. The lowest BCUT2D eigenvalue weighted by atomic mass is 10.0. The first-order valence-corrected chi connectivity index (χ1v) is 22.1. The zero-order valence-corrected chi connectivity index (χ0v) is 39.8. The van der Waals surface area contributed by atoms with Crippen molar-refractivity contribution in [2.75, 3.05) is 120 Å². The molecule has 6 amide bonds. The molecule has 1 fully saturated rings. The second kappa shape index (κ2) is 29.6. The molecule has 2 rings (SSSR count). The first-order chi connectivity index (χ1) is 31.4. The highest BCUT2D eigenvalue weighted by atomic mass is 16.5. The van der Waals surface area contributed by atoms with Gasteiger partial charge in [0.15, 0.2) is 0 Å². The molecule has 23 heteroatoms. The van der Waals surface area contributed by atoms with Crippen LogP contribution in [0.15, 0.2) is 12.1 Å². The molecule has 1 heterocycles. The van der Waals surface area contributed by atoms with Crippen LogP contribution in [0.2, 0.25) is 0 Å². The Labute approximate surface area is 386 Å². The molecule has 1 saturated heterocycles. The molecule has 0 aliphatic carbocycles. The molecule has 6 N–H and O–H groups in total. The number of carbonyl (C=O) groups excluding carboxylic acids is 9. The number of hydrogen-bond donors (Lipinski definition) is 6. The monoisotopic (exact) mass is 935 g/mol. The van der Waals surface area contributed by atoms with Crippen LogP contribution in [0.4, 0.5) is 0 Å². The minimum Gasteiger partial charge on any atom is -0.495 e. The molecule has 0 aromatic heterocycles. The van der Waals surface area contributed by atoms with E-state index < -0.39 is 71.5 Å². The minimum absolute atomic E-state index is 0.0530. The van der Waals surface area contributed by atoms with Crippen LogP contribution >= 0.6 is 0 Å². The van der Waals surface area contributed by atoms with E-state index in [0.717, 1.165) is 0 Å². The maximum atomic E-state index is 13.7. The molecule has 0 spiro atoms. The quantitative estimate of drug-likeness (QED) is 0.0516. The largest absolute Gasteiger partial charge is 0.495 e. The van der Waals surface area contributed by atoms with Gasteiger partial charge in [0.2, 0.25) is 23.6 Å². The predicted molar refractivity (Wildman–Crippen MR) is 240 cm³/mol. The molecule has 370 valence electrons. The molecule has 0 saturated carbocycles. The van der Waals surface area contributed by atoms with Gasteiger partial charge in [-0.15, -0.1) is 0 Å². The highest BCUT2D eigenvalue weighted by Gasteiger charge is 2.26. The number of nitrogens with zero attached hydrogens (tertiary/aromatic N) is 4. The SMILES string of the molecule is CCOC(=O)C(C)NC(=O)CN1CCN(CC(=O)NCc2cc(C(=O)NC)c(OC)c(C(=O)NC)c2)CCN(CC(=O)NC(C)C(=O)OCC)CCN(CC(=O)NC(C)C(=O)OCC)CC1. The molecule has 3 atom stereocenters. The standard InChI is InChI=1S/C43H70N10O13/c1-10-64-41(60)28(4)47-35(55)25-51-15-13-50(24-34(54)46-23-31-21-32(39(58)44-7)38(63-9)33(22-31)40(59)45-8)14-16-52(26-36(56)48-29(5)42(61)65-11-2)18-20-53(19-17-51)27-37(57)49-30(6)43(62)66-12-3/h21-22,28-30H,10-20,23-27H2,1-9H3,(H,44,58)(H,45,59)(H,46,54)(H,47,55)(H,48,56)(H,49,57). The molecule has 1 aliphatic heterocycles. The molecule has 1 aromatic carbocycles. The van der Waals surface area contributed by atoms with Crippen molar-refractivity contribution in [2.45, 2.75) is 66.2 Å². The summed E-state index contributed by atoms with van der Waals surface area (Å²) >= 11 is 0. The summed E-state index contributed by atoms with van der Waals surface area (Å²) in [5, 5.41) is 15.9. The lowest BCUT2D eigenvalue weighted by Gasteiger charge is -2.34. The third-order valence-electron chi connectivity index (χ3n) is 10.2. The molecule has 66 heavy (non-hydrogen) atoms. The Hall–Kier alpha value is -5.91. The van der Waals surface area contributed by atoms with Crippen molar-refractivity contribution in [1.29, 1.82) is 0 Å². The van der Waals surface area contributed by atoms with Crippen LogP contribution in [0.25, 0.3) is 0 Å². The van der Waals surface area contributed by atoms with Gasteiger partial charge in [-0.3, -0.25) is 48.4 Å². The second-order valence-electron chi connectivity index (χ2n) is 15.4. The summed E-state index contributed by atoms with van der Waals surface area (Å²) in [4.78, 5) is 123. The fourth-order valence-electron chi connectivity index (χ4n) is 6.74. The number of hydrogen-bond acceptors (Lipinski definition) is 17. The smallest absolute Gasteiger partial charge is 0.328 e. The van der Waals surface area contributed by atoms with E-state index in [0.29, 0.717) is 5.56 Å². The number of ether oxygens (including phenoxy) is 4. The molecule has 1 aliphatic rings. The summed E-state index contributed by atoms with van der Waals surface area (Å²) in [6.07, 6.45) is 0. The van der Waals surface area contributed by atoms with Gasteiger partial charge in [0.05, 0.1) is 64.2 Å². The van der Waals surface area contributed by atoms with Crippen LogP contribution in [-0.4, -0.2) is 211 Å². The Morgan fingerprint density at radius 2 is 0.803 bits per heavy atom. The first-order valence-electron chi connectivity index (χ1n) is 22.1. The summed E-state index contributed by atoms with van der Waals surface area (Å²) < 4.78 is 20.5. The summed E-state index contributed by atoms with van der Waals surface area (Å²) in [6.45, 7) is 11.3. The van der Waals surface area contributed by atoms with E-state index in [9.17, 15) is 43.2 Å². The van der Waals surface area contributed by atoms with Crippen molar-refractivity contribution >= 4 is 53.4 Å². The number of carbonyl (C=O) groups is 9. The van der Waals surface area contributed by atoms with E-state index >= 15 is 0 Å². The van der Waals surface area contributed by atoms with E-state index in [1.165, 1.54) is 54.1 Å². The van der Waals surface area contributed by atoms with Gasteiger partial charge in [0.25, 0.3) is 11.8 Å². The van der Waals surface area contributed by atoms with Crippen molar-refractivity contribution in [3.8, 4) is 5.75 Å². The number of rotatable bonds is 22. The molecular weight excluding hydrogens is 865 g/mol. The second-order valence-corrected chi connectivity index (χ2v) is 15.4. The fourth-order valence-corrected chi connectivity index (χ4v) is 6.74. The van der Waals surface area contributed by atoms with Gasteiger partial charge in [0, 0.05) is 73.0 Å². The molecule has 0 bridgehead atoms. The summed E-state index contributed by atoms with van der Waals surface area (Å²) in [7, 11) is 4.22. The Morgan fingerprint density at radius 3 is 1.06 bits per heavy atom. The van der Waals surface area contributed by atoms with Crippen LogP contribution in [-0.2, 0) is 54.3 Å². The Balaban J connectivity index is 2.44. The number of benzene rings is 1. The lowest BCUT2D eigenvalue weighted by molar-refractivity contribution is -0.147. The van der Waals surface area contributed by atoms with Gasteiger partial charge in [-0.25, -0.2) is 14.4 Å². The van der Waals surface area contributed by atoms with Gasteiger partial charge < -0.3 is 50.8 Å². The van der Waals surface area contributed by atoms with Gasteiger partial charge in [-0.05, 0) is 59.2 Å². The zero-order valence-electron chi connectivity index (χ0n) is 39.8. The predicted octanol–water partition coefficient (Wildman–Crippen LogP) is -2.54. The third kappa shape index (κ3) is 19.7. The van der Waals surface area contributed by atoms with Crippen molar-refractivity contribution in [3.05, 3.63) is 28.8 Å². The summed E-state index contributed by atoms with van der Waals surface area (Å²) in [5.74, 6) is -4.48. The molecule has 23 nitrogen and oxygen atoms in total. The third-order valence-corrected chi connectivity index (χ3v) is 10.2. The molecule has 1 aromatic rings. The van der Waals surface area contributed by atoms with Crippen LogP contribution < -0.4 is 36.6 Å². The van der Waals surface area contributed by atoms with Gasteiger partial charge in [-0.1, -0.05) is 0 Å². The highest BCUT2D eigenvalue weighted by Crippen LogP contribution is 2.26. The molecule has 0 radical (unpaired) electrons. The van der Waals surface area contributed by atoms with Crippen LogP contribution in [0.3, 0.4) is 0 Å². The maximum absolute atomic E-state index is 13.7. The van der Waals surface area contributed by atoms with Crippen molar-refractivity contribution in [3.63, 3.8) is 0 Å². The van der Waals surface area contributed by atoms with Gasteiger partial charge >= 0.3 is 17.9 Å². The van der Waals surface area contributed by atoms with E-state index in [2.05, 4.69) is 31.9 Å². The average molecular weight is 935 g/mol.